The van der Waals surface area contributed by atoms with Crippen molar-refractivity contribution in [3.8, 4) is 16.9 Å². The highest BCUT2D eigenvalue weighted by Crippen LogP contribution is 2.35. The highest BCUT2D eigenvalue weighted by molar-refractivity contribution is 5.90. The van der Waals surface area contributed by atoms with Gasteiger partial charge in [-0.3, -0.25) is 0 Å². The minimum atomic E-state index is -0.396. The first-order valence-corrected chi connectivity index (χ1v) is 10.5. The summed E-state index contributed by atoms with van der Waals surface area (Å²) in [4.78, 5) is 19.2. The molecule has 32 heavy (non-hydrogen) atoms. The number of rotatable bonds is 4. The van der Waals surface area contributed by atoms with Crippen molar-refractivity contribution in [1.29, 1.82) is 0 Å². The van der Waals surface area contributed by atoms with E-state index in [9.17, 15) is 9.18 Å². The van der Waals surface area contributed by atoms with Crippen molar-refractivity contribution < 1.29 is 18.3 Å². The molecule has 0 unspecified atom stereocenters. The average Bonchev–Trinajstić information content (AvgIpc) is 3.45. The second-order valence-corrected chi connectivity index (χ2v) is 7.76. The molecule has 3 aromatic carbocycles. The molecule has 2 amide bonds. The number of halogens is 1. The summed E-state index contributed by atoms with van der Waals surface area (Å²) in [7, 11) is 1.64. The molecule has 0 aliphatic carbocycles. The van der Waals surface area contributed by atoms with Crippen molar-refractivity contribution in [2.24, 2.45) is 0 Å². The number of fused-ring (bicyclic) bond motifs is 1. The van der Waals surface area contributed by atoms with Gasteiger partial charge in [-0.25, -0.2) is 14.2 Å². The number of carbonyl (C=O) groups excluding carboxylic acids is 1. The van der Waals surface area contributed by atoms with E-state index < -0.39 is 5.82 Å². The average molecular weight is 431 g/mol. The fourth-order valence-electron chi connectivity index (χ4n) is 4.08. The van der Waals surface area contributed by atoms with E-state index in [2.05, 4.69) is 5.32 Å². The molecule has 0 bridgehead atoms. The Hall–Kier alpha value is -3.87. The van der Waals surface area contributed by atoms with Crippen LogP contribution in [0.5, 0.6) is 5.75 Å². The van der Waals surface area contributed by atoms with Crippen LogP contribution in [0.1, 0.15) is 24.8 Å². The first-order chi connectivity index (χ1) is 15.6. The molecule has 1 aliphatic heterocycles. The molecule has 4 aromatic rings. The Morgan fingerprint density at radius 3 is 2.72 bits per heavy atom. The summed E-state index contributed by atoms with van der Waals surface area (Å²) in [5.41, 5.74) is 3.91. The molecule has 1 fully saturated rings. The normalized spacial score (nSPS) is 15.8. The molecule has 162 valence electrons. The Bertz CT molecular complexity index is 1270. The van der Waals surface area contributed by atoms with Crippen LogP contribution in [0.3, 0.4) is 0 Å². The number of methoxy groups -OCH3 is 1. The number of urea groups is 1. The van der Waals surface area contributed by atoms with E-state index in [4.69, 9.17) is 14.1 Å². The zero-order chi connectivity index (χ0) is 22.1. The van der Waals surface area contributed by atoms with Crippen molar-refractivity contribution in [3.05, 3.63) is 78.4 Å². The fraction of sp³-hybridized carbons (Fsp3) is 0.200. The van der Waals surface area contributed by atoms with Crippen LogP contribution in [0.4, 0.5) is 14.9 Å². The minimum absolute atomic E-state index is 0.264. The number of amides is 2. The number of benzene rings is 3. The predicted molar refractivity (Wildman–Crippen MR) is 120 cm³/mol. The second-order valence-electron chi connectivity index (χ2n) is 7.76. The van der Waals surface area contributed by atoms with E-state index in [0.29, 0.717) is 23.7 Å². The van der Waals surface area contributed by atoms with E-state index >= 15 is 0 Å². The van der Waals surface area contributed by atoms with E-state index in [1.54, 1.807) is 24.1 Å². The lowest BCUT2D eigenvalue weighted by molar-refractivity contribution is 0.199. The minimum Gasteiger partial charge on any atom is -0.497 e. The van der Waals surface area contributed by atoms with E-state index in [-0.39, 0.29) is 12.1 Å². The molecular weight excluding hydrogens is 409 g/mol. The molecule has 1 saturated heterocycles. The third-order valence-electron chi connectivity index (χ3n) is 5.70. The van der Waals surface area contributed by atoms with Gasteiger partial charge in [-0.2, -0.15) is 0 Å². The van der Waals surface area contributed by atoms with Gasteiger partial charge in [0.25, 0.3) is 0 Å². The summed E-state index contributed by atoms with van der Waals surface area (Å²) < 4.78 is 24.7. The van der Waals surface area contributed by atoms with Gasteiger partial charge in [0, 0.05) is 12.2 Å². The maximum atomic E-state index is 13.5. The number of anilines is 1. The summed E-state index contributed by atoms with van der Waals surface area (Å²) in [6.07, 6.45) is 1.60. The van der Waals surface area contributed by atoms with Gasteiger partial charge in [-0.05, 0) is 66.4 Å². The molecular formula is C25H22FN3O3. The Balaban J connectivity index is 1.38. The third-order valence-corrected chi connectivity index (χ3v) is 5.70. The number of hydrogen-bond acceptors (Lipinski definition) is 4. The number of hydrogen-bond donors (Lipinski definition) is 1. The molecule has 5 rings (SSSR count). The standard InChI is InChI=1S/C25H22FN3O3/c1-31-20-10-7-16(8-11-20)17-9-12-23-21(14-17)28-24(32-23)22-6-3-13-29(22)25(30)27-19-5-2-4-18(26)15-19/h2,4-5,7-12,14-15,22H,3,6,13H2,1H3,(H,27,30)/t22-/m1/s1. The Labute approximate surface area is 184 Å². The van der Waals surface area contributed by atoms with Crippen LogP contribution in [0, 0.1) is 5.82 Å². The second kappa shape index (κ2) is 8.34. The molecule has 1 aliphatic rings. The first kappa shape index (κ1) is 20.1. The summed E-state index contributed by atoms with van der Waals surface area (Å²) in [5.74, 6) is 0.919. The molecule has 2 heterocycles. The highest BCUT2D eigenvalue weighted by atomic mass is 19.1. The summed E-state index contributed by atoms with van der Waals surface area (Å²) in [6.45, 7) is 0.585. The van der Waals surface area contributed by atoms with Crippen molar-refractivity contribution in [3.63, 3.8) is 0 Å². The first-order valence-electron chi connectivity index (χ1n) is 10.5. The van der Waals surface area contributed by atoms with Crippen LogP contribution < -0.4 is 10.1 Å². The van der Waals surface area contributed by atoms with Crippen LogP contribution in [-0.4, -0.2) is 29.6 Å². The topological polar surface area (TPSA) is 67.6 Å². The van der Waals surface area contributed by atoms with Gasteiger partial charge < -0.3 is 19.4 Å². The predicted octanol–water partition coefficient (Wildman–Crippen LogP) is 6.01. The van der Waals surface area contributed by atoms with Gasteiger partial charge >= 0.3 is 6.03 Å². The summed E-state index contributed by atoms with van der Waals surface area (Å²) in [5, 5.41) is 2.77. The molecule has 0 spiro atoms. The lowest BCUT2D eigenvalue weighted by atomic mass is 10.1. The molecule has 0 saturated carbocycles. The Morgan fingerprint density at radius 2 is 1.94 bits per heavy atom. The highest BCUT2D eigenvalue weighted by Gasteiger charge is 2.33. The van der Waals surface area contributed by atoms with Gasteiger partial charge in [-0.15, -0.1) is 0 Å². The van der Waals surface area contributed by atoms with Crippen LogP contribution in [0.15, 0.2) is 71.1 Å². The zero-order valence-corrected chi connectivity index (χ0v) is 17.5. The molecule has 1 N–H and O–H groups in total. The van der Waals surface area contributed by atoms with Gasteiger partial charge in [-0.1, -0.05) is 24.3 Å². The number of likely N-dealkylation sites (tertiary alicyclic amines) is 1. The molecule has 7 heteroatoms. The largest absolute Gasteiger partial charge is 0.497 e. The molecule has 1 aromatic heterocycles. The zero-order valence-electron chi connectivity index (χ0n) is 17.5. The Kier molecular flexibility index (Phi) is 5.23. The molecule has 0 radical (unpaired) electrons. The number of nitrogens with zero attached hydrogens (tertiary/aromatic N) is 2. The van der Waals surface area contributed by atoms with Gasteiger partial charge in [0.15, 0.2) is 5.58 Å². The molecule has 1 atom stereocenters. The van der Waals surface area contributed by atoms with Crippen LogP contribution in [-0.2, 0) is 0 Å². The third kappa shape index (κ3) is 3.89. The van der Waals surface area contributed by atoms with Crippen LogP contribution >= 0.6 is 0 Å². The number of aromatic nitrogens is 1. The lowest BCUT2D eigenvalue weighted by Crippen LogP contribution is -2.34. The van der Waals surface area contributed by atoms with Crippen LogP contribution in [0.25, 0.3) is 22.2 Å². The SMILES string of the molecule is COc1ccc(-c2ccc3oc([C@H]4CCCN4C(=O)Nc4cccc(F)c4)nc3c2)cc1. The number of nitrogens with one attached hydrogen (secondary N) is 1. The summed E-state index contributed by atoms with van der Waals surface area (Å²) in [6, 6.07) is 19.0. The molecule has 6 nitrogen and oxygen atoms in total. The quantitative estimate of drug-likeness (QED) is 0.430. The monoisotopic (exact) mass is 431 g/mol. The van der Waals surface area contributed by atoms with Gasteiger partial charge in [0.1, 0.15) is 23.1 Å². The van der Waals surface area contributed by atoms with Crippen molar-refractivity contribution >= 4 is 22.8 Å². The van der Waals surface area contributed by atoms with Crippen molar-refractivity contribution in [2.45, 2.75) is 18.9 Å². The maximum absolute atomic E-state index is 13.5. The smallest absolute Gasteiger partial charge is 0.322 e. The number of ether oxygens (including phenoxy) is 1. The van der Waals surface area contributed by atoms with E-state index in [1.807, 2.05) is 42.5 Å². The van der Waals surface area contributed by atoms with Crippen molar-refractivity contribution in [1.82, 2.24) is 9.88 Å². The van der Waals surface area contributed by atoms with Gasteiger partial charge in [0.05, 0.1) is 7.11 Å². The summed E-state index contributed by atoms with van der Waals surface area (Å²) >= 11 is 0. The number of oxazole rings is 1. The van der Waals surface area contributed by atoms with E-state index in [0.717, 1.165) is 35.2 Å². The lowest BCUT2D eigenvalue weighted by Gasteiger charge is -2.22. The Morgan fingerprint density at radius 1 is 1.12 bits per heavy atom. The number of carbonyl (C=O) groups is 1. The van der Waals surface area contributed by atoms with Crippen LogP contribution in [0.2, 0.25) is 0 Å². The fourth-order valence-corrected chi connectivity index (χ4v) is 4.08. The van der Waals surface area contributed by atoms with Crippen molar-refractivity contribution in [2.75, 3.05) is 19.0 Å². The maximum Gasteiger partial charge on any atom is 0.322 e. The van der Waals surface area contributed by atoms with Gasteiger partial charge in [0.2, 0.25) is 5.89 Å². The van der Waals surface area contributed by atoms with E-state index in [1.165, 1.54) is 12.1 Å².